The molecule has 0 spiro atoms. The molecule has 2 aliphatic rings. The Kier molecular flexibility index (Phi) is 4.35. The topological polar surface area (TPSA) is 76.3 Å². The van der Waals surface area contributed by atoms with Crippen LogP contribution in [0.4, 0.5) is 0 Å². The first kappa shape index (κ1) is 14.7. The number of thiazole rings is 1. The molecular weight excluding hydrogens is 286 g/mol. The van der Waals surface area contributed by atoms with Crippen molar-refractivity contribution in [2.75, 3.05) is 6.54 Å². The van der Waals surface area contributed by atoms with Crippen molar-refractivity contribution >= 4 is 23.0 Å². The fraction of sp³-hybridized carbons (Fsp3) is 0.667. The number of aromatic nitrogens is 1. The first-order valence-electron chi connectivity index (χ1n) is 7.68. The molecule has 0 unspecified atom stereocenters. The van der Waals surface area contributed by atoms with E-state index in [-0.39, 0.29) is 23.7 Å². The van der Waals surface area contributed by atoms with Crippen LogP contribution in [0.1, 0.15) is 48.3 Å². The minimum absolute atomic E-state index is 0.0413. The molecule has 0 aromatic carbocycles. The van der Waals surface area contributed by atoms with E-state index in [1.54, 1.807) is 16.5 Å². The third kappa shape index (κ3) is 2.87. The number of ketones is 1. The molecule has 21 heavy (non-hydrogen) atoms. The molecule has 5 nitrogen and oxygen atoms in total. The maximum absolute atomic E-state index is 12.5. The lowest BCUT2D eigenvalue weighted by atomic mass is 9.83. The van der Waals surface area contributed by atoms with Crippen molar-refractivity contribution in [1.29, 1.82) is 0 Å². The number of carbonyl (C=O) groups excluding carboxylic acids is 2. The zero-order chi connectivity index (χ0) is 14.8. The number of Topliss-reactive ketones (excluding diaryl/α,β-unsaturated/α-hetero) is 1. The molecule has 114 valence electrons. The Morgan fingerprint density at radius 1 is 1.29 bits per heavy atom. The van der Waals surface area contributed by atoms with Crippen molar-refractivity contribution in [2.24, 2.45) is 11.7 Å². The van der Waals surface area contributed by atoms with Crippen LogP contribution in [0.15, 0.2) is 11.6 Å². The lowest BCUT2D eigenvalue weighted by molar-refractivity contribution is -0.140. The van der Waals surface area contributed by atoms with Gasteiger partial charge < -0.3 is 10.6 Å². The van der Waals surface area contributed by atoms with Crippen molar-refractivity contribution < 1.29 is 9.59 Å². The molecule has 3 rings (SSSR count). The van der Waals surface area contributed by atoms with Gasteiger partial charge in [-0.3, -0.25) is 9.59 Å². The first-order chi connectivity index (χ1) is 10.2. The summed E-state index contributed by atoms with van der Waals surface area (Å²) < 4.78 is 0. The van der Waals surface area contributed by atoms with Crippen LogP contribution in [-0.2, 0) is 4.79 Å². The highest BCUT2D eigenvalue weighted by molar-refractivity contribution is 7.11. The first-order valence-corrected chi connectivity index (χ1v) is 8.56. The second-order valence-corrected chi connectivity index (χ2v) is 6.86. The van der Waals surface area contributed by atoms with E-state index in [2.05, 4.69) is 4.98 Å². The zero-order valence-electron chi connectivity index (χ0n) is 12.0. The van der Waals surface area contributed by atoms with E-state index >= 15 is 0 Å². The number of rotatable bonds is 4. The average molecular weight is 307 g/mol. The van der Waals surface area contributed by atoms with Crippen LogP contribution >= 0.6 is 11.3 Å². The van der Waals surface area contributed by atoms with E-state index < -0.39 is 6.04 Å². The summed E-state index contributed by atoms with van der Waals surface area (Å²) in [6.45, 7) is 0.640. The Balaban J connectivity index is 1.63. The van der Waals surface area contributed by atoms with Crippen LogP contribution in [0.5, 0.6) is 0 Å². The number of nitrogens with two attached hydrogens (primary N) is 1. The number of amides is 1. The van der Waals surface area contributed by atoms with Crippen LogP contribution in [0.3, 0.4) is 0 Å². The minimum atomic E-state index is -0.447. The molecule has 2 heterocycles. The summed E-state index contributed by atoms with van der Waals surface area (Å²) in [6.07, 6.45) is 7.97. The highest BCUT2D eigenvalue weighted by atomic mass is 32.1. The molecule has 2 fully saturated rings. The Hall–Kier alpha value is -1.27. The fourth-order valence-corrected chi connectivity index (χ4v) is 3.92. The van der Waals surface area contributed by atoms with Gasteiger partial charge in [-0.25, -0.2) is 4.98 Å². The van der Waals surface area contributed by atoms with Crippen molar-refractivity contribution in [3.63, 3.8) is 0 Å². The van der Waals surface area contributed by atoms with Gasteiger partial charge in [0.2, 0.25) is 11.7 Å². The predicted molar refractivity (Wildman–Crippen MR) is 81.1 cm³/mol. The van der Waals surface area contributed by atoms with Gasteiger partial charge in [0.05, 0.1) is 12.1 Å². The maximum atomic E-state index is 12.5. The van der Waals surface area contributed by atoms with E-state index in [1.807, 2.05) is 0 Å². The predicted octanol–water partition coefficient (Wildman–Crippen LogP) is 1.83. The van der Waals surface area contributed by atoms with E-state index in [0.29, 0.717) is 11.6 Å². The summed E-state index contributed by atoms with van der Waals surface area (Å²) in [7, 11) is 0. The van der Waals surface area contributed by atoms with Gasteiger partial charge in [-0.15, -0.1) is 11.3 Å². The van der Waals surface area contributed by atoms with E-state index in [4.69, 9.17) is 5.73 Å². The smallest absolute Gasteiger partial charge is 0.240 e. The SMILES string of the molecule is N[C@@H](C(=O)N1CC[C@@H]1C(=O)c1nccs1)C1CCCCC1. The summed E-state index contributed by atoms with van der Waals surface area (Å²) in [5.74, 6) is 0.186. The van der Waals surface area contributed by atoms with E-state index in [9.17, 15) is 9.59 Å². The number of carbonyl (C=O) groups is 2. The van der Waals surface area contributed by atoms with Gasteiger partial charge in [-0.2, -0.15) is 0 Å². The van der Waals surface area contributed by atoms with Gasteiger partial charge in [0.1, 0.15) is 0 Å². The number of hydrogen-bond donors (Lipinski definition) is 1. The van der Waals surface area contributed by atoms with Crippen LogP contribution in [0.2, 0.25) is 0 Å². The third-order valence-electron chi connectivity index (χ3n) is 4.69. The zero-order valence-corrected chi connectivity index (χ0v) is 12.8. The van der Waals surface area contributed by atoms with Gasteiger partial charge in [0.25, 0.3) is 0 Å². The maximum Gasteiger partial charge on any atom is 0.240 e. The lowest BCUT2D eigenvalue weighted by Crippen LogP contribution is -2.60. The summed E-state index contributed by atoms with van der Waals surface area (Å²) in [4.78, 5) is 30.6. The van der Waals surface area contributed by atoms with Crippen molar-refractivity contribution in [3.05, 3.63) is 16.6 Å². The molecule has 2 atom stereocenters. The standard InChI is InChI=1S/C15H21N3O2S/c16-12(10-4-2-1-3-5-10)15(20)18-8-6-11(18)13(19)14-17-7-9-21-14/h7,9-12H,1-6,8,16H2/t11-,12-/m1/s1. The van der Waals surface area contributed by atoms with Gasteiger partial charge >= 0.3 is 0 Å². The van der Waals surface area contributed by atoms with E-state index in [1.165, 1.54) is 17.8 Å². The normalized spacial score (nSPS) is 24.4. The highest BCUT2D eigenvalue weighted by Gasteiger charge is 2.41. The second kappa shape index (κ2) is 6.23. The fourth-order valence-electron chi connectivity index (χ4n) is 3.30. The Morgan fingerprint density at radius 2 is 2.05 bits per heavy atom. The molecule has 1 aromatic heterocycles. The number of likely N-dealkylation sites (tertiary alicyclic amines) is 1. The molecular formula is C15H21N3O2S. The van der Waals surface area contributed by atoms with Crippen LogP contribution in [0.25, 0.3) is 0 Å². The van der Waals surface area contributed by atoms with E-state index in [0.717, 1.165) is 32.1 Å². The average Bonchev–Trinajstić information content (AvgIpc) is 3.00. The molecule has 2 N–H and O–H groups in total. The van der Waals surface area contributed by atoms with Gasteiger partial charge in [-0.05, 0) is 25.2 Å². The summed E-state index contributed by atoms with van der Waals surface area (Å²) in [5, 5.41) is 2.27. The van der Waals surface area contributed by atoms with Gasteiger partial charge in [-0.1, -0.05) is 19.3 Å². The quantitative estimate of drug-likeness (QED) is 0.861. The molecule has 0 bridgehead atoms. The molecule has 0 radical (unpaired) electrons. The number of hydrogen-bond acceptors (Lipinski definition) is 5. The number of nitrogens with zero attached hydrogens (tertiary/aromatic N) is 2. The third-order valence-corrected chi connectivity index (χ3v) is 5.48. The van der Waals surface area contributed by atoms with Crippen LogP contribution in [-0.4, -0.2) is 40.2 Å². The minimum Gasteiger partial charge on any atom is -0.331 e. The van der Waals surface area contributed by atoms with Crippen molar-refractivity contribution in [3.8, 4) is 0 Å². The molecule has 1 saturated heterocycles. The molecule has 1 saturated carbocycles. The molecule has 1 amide bonds. The Labute approximate surface area is 128 Å². The Morgan fingerprint density at radius 3 is 2.62 bits per heavy atom. The molecule has 1 aliphatic heterocycles. The highest BCUT2D eigenvalue weighted by Crippen LogP contribution is 2.29. The molecule has 1 aromatic rings. The summed E-state index contributed by atoms with van der Waals surface area (Å²) in [6, 6.07) is -0.796. The summed E-state index contributed by atoms with van der Waals surface area (Å²) >= 11 is 1.33. The monoisotopic (exact) mass is 307 g/mol. The molecule has 1 aliphatic carbocycles. The summed E-state index contributed by atoms with van der Waals surface area (Å²) in [5.41, 5.74) is 6.17. The largest absolute Gasteiger partial charge is 0.331 e. The van der Waals surface area contributed by atoms with Gasteiger partial charge in [0, 0.05) is 18.1 Å². The molecule has 6 heteroatoms. The Bertz CT molecular complexity index is 511. The lowest BCUT2D eigenvalue weighted by Gasteiger charge is -2.42. The van der Waals surface area contributed by atoms with Crippen LogP contribution < -0.4 is 5.73 Å². The van der Waals surface area contributed by atoms with Crippen molar-refractivity contribution in [1.82, 2.24) is 9.88 Å². The second-order valence-electron chi connectivity index (χ2n) is 5.96. The van der Waals surface area contributed by atoms with Crippen LogP contribution in [0, 0.1) is 5.92 Å². The van der Waals surface area contributed by atoms with Crippen molar-refractivity contribution in [2.45, 2.75) is 50.6 Å². The van der Waals surface area contributed by atoms with Gasteiger partial charge in [0.15, 0.2) is 5.01 Å².